The number of ether oxygens (including phenoxy) is 1. The van der Waals surface area contributed by atoms with Gasteiger partial charge in [-0.15, -0.1) is 0 Å². The molecule has 0 spiro atoms. The molecule has 2 aromatic carbocycles. The van der Waals surface area contributed by atoms with E-state index in [0.29, 0.717) is 16.5 Å². The molecule has 0 fully saturated rings. The van der Waals surface area contributed by atoms with Crippen molar-refractivity contribution in [1.29, 1.82) is 0 Å². The van der Waals surface area contributed by atoms with Gasteiger partial charge in [0.25, 0.3) is 5.95 Å². The van der Waals surface area contributed by atoms with Crippen molar-refractivity contribution in [3.63, 3.8) is 0 Å². The molecule has 0 aliphatic heterocycles. The van der Waals surface area contributed by atoms with Crippen molar-refractivity contribution >= 4 is 11.0 Å². The first-order chi connectivity index (χ1) is 10.2. The largest absolute Gasteiger partial charge is 0.462 e. The lowest BCUT2D eigenvalue weighted by Gasteiger charge is -2.13. The molecule has 3 aromatic rings. The molecule has 0 saturated heterocycles. The third kappa shape index (κ3) is 2.55. The lowest BCUT2D eigenvalue weighted by Crippen LogP contribution is -2.12. The highest BCUT2D eigenvalue weighted by molar-refractivity contribution is 5.83. The van der Waals surface area contributed by atoms with E-state index < -0.39 is 0 Å². The molecule has 0 unspecified atom stereocenters. The maximum atomic E-state index is 12.8. The van der Waals surface area contributed by atoms with Gasteiger partial charge in [0.05, 0.1) is 11.5 Å². The van der Waals surface area contributed by atoms with Crippen molar-refractivity contribution in [2.24, 2.45) is 0 Å². The van der Waals surface area contributed by atoms with Gasteiger partial charge in [0.15, 0.2) is 0 Å². The summed E-state index contributed by atoms with van der Waals surface area (Å²) >= 11 is 0. The Hall–Kier alpha value is -2.55. The predicted octanol–water partition coefficient (Wildman–Crippen LogP) is 4.25. The zero-order valence-corrected chi connectivity index (χ0v) is 12.0. The van der Waals surface area contributed by atoms with Gasteiger partial charge in [-0.25, -0.2) is 0 Å². The Kier molecular flexibility index (Phi) is 3.48. The van der Waals surface area contributed by atoms with Crippen LogP contribution >= 0.6 is 0 Å². The summed E-state index contributed by atoms with van der Waals surface area (Å²) in [6, 6.07) is 16.7. The summed E-state index contributed by atoms with van der Waals surface area (Å²) in [5.41, 5.74) is 1.74. The molecule has 21 heavy (non-hydrogen) atoms. The van der Waals surface area contributed by atoms with Crippen LogP contribution < -0.4 is 10.2 Å². The summed E-state index contributed by atoms with van der Waals surface area (Å²) in [6.07, 6.45) is -0.0724. The molecule has 1 heterocycles. The molecule has 0 atom stereocenters. The molecule has 0 amide bonds. The minimum atomic E-state index is -0.0724. The summed E-state index contributed by atoms with van der Waals surface area (Å²) in [4.78, 5) is 12.8. The number of para-hydroxylation sites is 1. The van der Waals surface area contributed by atoms with E-state index in [0.717, 1.165) is 5.56 Å². The number of hydrogen-bond acceptors (Lipinski definition) is 3. The van der Waals surface area contributed by atoms with Gasteiger partial charge in [-0.3, -0.25) is 4.79 Å². The zero-order chi connectivity index (χ0) is 14.8. The highest BCUT2D eigenvalue weighted by Crippen LogP contribution is 2.30. The quantitative estimate of drug-likeness (QED) is 0.720. The van der Waals surface area contributed by atoms with Crippen molar-refractivity contribution in [3.8, 4) is 17.1 Å². The van der Waals surface area contributed by atoms with Gasteiger partial charge in [-0.05, 0) is 31.5 Å². The summed E-state index contributed by atoms with van der Waals surface area (Å²) in [5.74, 6) is 0.278. The standard InChI is InChI=1S/C18H16O3/c1-12(2)20-18-16(13-8-4-3-5-9-13)17(19)14-10-6-7-11-15(14)21-18/h3-12H,1-2H3. The maximum Gasteiger partial charge on any atom is 0.297 e. The van der Waals surface area contributed by atoms with Crippen LogP contribution in [0.2, 0.25) is 0 Å². The third-order valence-electron chi connectivity index (χ3n) is 3.17. The second-order valence-corrected chi connectivity index (χ2v) is 5.12. The molecule has 0 saturated carbocycles. The van der Waals surface area contributed by atoms with Crippen LogP contribution in [0.25, 0.3) is 22.1 Å². The monoisotopic (exact) mass is 280 g/mol. The van der Waals surface area contributed by atoms with Gasteiger partial charge in [0.1, 0.15) is 11.1 Å². The van der Waals surface area contributed by atoms with Crippen molar-refractivity contribution in [3.05, 3.63) is 64.8 Å². The highest BCUT2D eigenvalue weighted by atomic mass is 16.6. The molecule has 0 N–H and O–H groups in total. The molecular weight excluding hydrogens is 264 g/mol. The fraction of sp³-hybridized carbons (Fsp3) is 0.167. The van der Waals surface area contributed by atoms with Gasteiger partial charge in [0.2, 0.25) is 5.43 Å². The van der Waals surface area contributed by atoms with Crippen LogP contribution in [0.5, 0.6) is 5.95 Å². The van der Waals surface area contributed by atoms with Gasteiger partial charge in [0, 0.05) is 0 Å². The summed E-state index contributed by atoms with van der Waals surface area (Å²) in [5, 5.41) is 0.562. The Labute approximate surface area is 122 Å². The van der Waals surface area contributed by atoms with Crippen LogP contribution in [0.3, 0.4) is 0 Å². The van der Waals surface area contributed by atoms with E-state index in [9.17, 15) is 4.79 Å². The van der Waals surface area contributed by atoms with Crippen LogP contribution in [-0.2, 0) is 0 Å². The van der Waals surface area contributed by atoms with E-state index in [2.05, 4.69) is 0 Å². The minimum absolute atomic E-state index is 0.0706. The third-order valence-corrected chi connectivity index (χ3v) is 3.17. The molecule has 0 aliphatic rings. The van der Waals surface area contributed by atoms with Gasteiger partial charge < -0.3 is 9.15 Å². The van der Waals surface area contributed by atoms with Crippen molar-refractivity contribution in [2.75, 3.05) is 0 Å². The minimum Gasteiger partial charge on any atom is -0.462 e. The zero-order valence-electron chi connectivity index (χ0n) is 12.0. The van der Waals surface area contributed by atoms with Crippen molar-refractivity contribution < 1.29 is 9.15 Å². The smallest absolute Gasteiger partial charge is 0.297 e. The first-order valence-electron chi connectivity index (χ1n) is 6.94. The molecule has 0 radical (unpaired) electrons. The number of hydrogen-bond donors (Lipinski definition) is 0. The van der Waals surface area contributed by atoms with E-state index in [1.54, 1.807) is 12.1 Å². The molecule has 1 aromatic heterocycles. The Balaban J connectivity index is 2.34. The Bertz CT molecular complexity index is 817. The Morgan fingerprint density at radius 1 is 0.952 bits per heavy atom. The average molecular weight is 280 g/mol. The molecule has 3 nitrogen and oxygen atoms in total. The fourth-order valence-electron chi connectivity index (χ4n) is 2.27. The Morgan fingerprint density at radius 3 is 2.33 bits per heavy atom. The second-order valence-electron chi connectivity index (χ2n) is 5.12. The number of fused-ring (bicyclic) bond motifs is 1. The molecule has 3 rings (SSSR count). The normalized spacial score (nSPS) is 11.0. The number of rotatable bonds is 3. The lowest BCUT2D eigenvalue weighted by molar-refractivity contribution is 0.189. The van der Waals surface area contributed by atoms with E-state index in [4.69, 9.17) is 9.15 Å². The lowest BCUT2D eigenvalue weighted by atomic mass is 10.1. The number of benzene rings is 2. The van der Waals surface area contributed by atoms with Gasteiger partial charge in [-0.2, -0.15) is 0 Å². The second kappa shape index (κ2) is 5.44. The van der Waals surface area contributed by atoms with Crippen molar-refractivity contribution in [2.45, 2.75) is 20.0 Å². The highest BCUT2D eigenvalue weighted by Gasteiger charge is 2.18. The SMILES string of the molecule is CC(C)Oc1oc2ccccc2c(=O)c1-c1ccccc1. The van der Waals surface area contributed by atoms with Gasteiger partial charge in [-0.1, -0.05) is 42.5 Å². The topological polar surface area (TPSA) is 39.4 Å². The summed E-state index contributed by atoms with van der Waals surface area (Å²) in [6.45, 7) is 3.81. The van der Waals surface area contributed by atoms with Gasteiger partial charge >= 0.3 is 0 Å². The average Bonchev–Trinajstić information content (AvgIpc) is 2.48. The fourth-order valence-corrected chi connectivity index (χ4v) is 2.27. The van der Waals surface area contributed by atoms with E-state index in [-0.39, 0.29) is 17.5 Å². The van der Waals surface area contributed by atoms with E-state index in [1.807, 2.05) is 56.3 Å². The summed E-state index contributed by atoms with van der Waals surface area (Å²) < 4.78 is 11.5. The summed E-state index contributed by atoms with van der Waals surface area (Å²) in [7, 11) is 0. The van der Waals surface area contributed by atoms with Crippen LogP contribution in [0.15, 0.2) is 63.8 Å². The molecule has 0 aliphatic carbocycles. The van der Waals surface area contributed by atoms with Crippen LogP contribution in [-0.4, -0.2) is 6.10 Å². The first-order valence-corrected chi connectivity index (χ1v) is 6.94. The molecular formula is C18H16O3. The van der Waals surface area contributed by atoms with Crippen molar-refractivity contribution in [1.82, 2.24) is 0 Å². The Morgan fingerprint density at radius 2 is 1.62 bits per heavy atom. The van der Waals surface area contributed by atoms with E-state index >= 15 is 0 Å². The van der Waals surface area contributed by atoms with E-state index in [1.165, 1.54) is 0 Å². The molecule has 0 bridgehead atoms. The molecule has 3 heteroatoms. The van der Waals surface area contributed by atoms with Crippen LogP contribution in [0.1, 0.15) is 13.8 Å². The molecule has 106 valence electrons. The predicted molar refractivity (Wildman–Crippen MR) is 83.7 cm³/mol. The van der Waals surface area contributed by atoms with Crippen LogP contribution in [0.4, 0.5) is 0 Å². The first kappa shape index (κ1) is 13.4. The maximum absolute atomic E-state index is 12.8. The van der Waals surface area contributed by atoms with Crippen LogP contribution in [0, 0.1) is 0 Å².